The molecule has 0 saturated heterocycles. The lowest BCUT2D eigenvalue weighted by Crippen LogP contribution is -2.15. The fourth-order valence-electron chi connectivity index (χ4n) is 2.36. The maximum absolute atomic E-state index is 11.3. The average molecular weight is 218 g/mol. The molecule has 86 valence electrons. The molecule has 1 unspecified atom stereocenters. The first kappa shape index (κ1) is 11.2. The Morgan fingerprint density at radius 3 is 2.69 bits per heavy atom. The fraction of sp³-hybridized carbons (Fsp3) is 0.500. The SMILES string of the molecule is CCc1cc(C)ccc1C(C(=O)O)C1CC1. The molecule has 16 heavy (non-hydrogen) atoms. The highest BCUT2D eigenvalue weighted by Gasteiger charge is 2.38. The average Bonchev–Trinajstić information content (AvgIpc) is 3.04. The van der Waals surface area contributed by atoms with Crippen LogP contribution in [0.5, 0.6) is 0 Å². The summed E-state index contributed by atoms with van der Waals surface area (Å²) in [7, 11) is 0. The molecule has 0 heterocycles. The van der Waals surface area contributed by atoms with E-state index in [4.69, 9.17) is 0 Å². The van der Waals surface area contributed by atoms with E-state index in [-0.39, 0.29) is 5.92 Å². The van der Waals surface area contributed by atoms with Crippen molar-refractivity contribution in [2.75, 3.05) is 0 Å². The number of aliphatic carboxylic acids is 1. The summed E-state index contributed by atoms with van der Waals surface area (Å²) < 4.78 is 0. The van der Waals surface area contributed by atoms with Crippen LogP contribution >= 0.6 is 0 Å². The monoisotopic (exact) mass is 218 g/mol. The van der Waals surface area contributed by atoms with Gasteiger partial charge in [-0.1, -0.05) is 30.7 Å². The molecular weight excluding hydrogens is 200 g/mol. The third-order valence-electron chi connectivity index (χ3n) is 3.37. The third-order valence-corrected chi connectivity index (χ3v) is 3.37. The Morgan fingerprint density at radius 2 is 2.19 bits per heavy atom. The molecule has 1 aliphatic rings. The maximum Gasteiger partial charge on any atom is 0.311 e. The zero-order valence-corrected chi connectivity index (χ0v) is 9.86. The van der Waals surface area contributed by atoms with Gasteiger partial charge in [0.25, 0.3) is 0 Å². The first-order valence-electron chi connectivity index (χ1n) is 5.95. The summed E-state index contributed by atoms with van der Waals surface area (Å²) in [5.74, 6) is -0.581. The molecule has 2 heteroatoms. The number of carbonyl (C=O) groups is 1. The Kier molecular flexibility index (Phi) is 2.99. The lowest BCUT2D eigenvalue weighted by Gasteiger charge is -2.16. The highest BCUT2D eigenvalue weighted by atomic mass is 16.4. The topological polar surface area (TPSA) is 37.3 Å². The molecule has 2 rings (SSSR count). The largest absolute Gasteiger partial charge is 0.481 e. The zero-order chi connectivity index (χ0) is 11.7. The third kappa shape index (κ3) is 2.11. The van der Waals surface area contributed by atoms with Gasteiger partial charge >= 0.3 is 5.97 Å². The van der Waals surface area contributed by atoms with Crippen molar-refractivity contribution in [3.63, 3.8) is 0 Å². The van der Waals surface area contributed by atoms with Crippen LogP contribution in [0.1, 0.15) is 42.4 Å². The molecule has 1 atom stereocenters. The molecular formula is C14H18O2. The molecule has 0 amide bonds. The molecule has 0 aliphatic heterocycles. The number of hydrogen-bond acceptors (Lipinski definition) is 1. The maximum atomic E-state index is 11.3. The smallest absolute Gasteiger partial charge is 0.311 e. The van der Waals surface area contributed by atoms with Gasteiger partial charge in [0, 0.05) is 0 Å². The van der Waals surface area contributed by atoms with Crippen LogP contribution in [0.15, 0.2) is 18.2 Å². The van der Waals surface area contributed by atoms with Gasteiger partial charge in [-0.15, -0.1) is 0 Å². The van der Waals surface area contributed by atoms with Crippen molar-refractivity contribution < 1.29 is 9.90 Å². The number of benzene rings is 1. The van der Waals surface area contributed by atoms with Crippen molar-refractivity contribution in [2.45, 2.75) is 39.0 Å². The fourth-order valence-corrected chi connectivity index (χ4v) is 2.36. The Morgan fingerprint density at radius 1 is 1.50 bits per heavy atom. The predicted molar refractivity (Wildman–Crippen MR) is 63.7 cm³/mol. The number of carboxylic acid groups (broad SMARTS) is 1. The molecule has 1 saturated carbocycles. The molecule has 1 N–H and O–H groups in total. The standard InChI is InChI=1S/C14H18O2/c1-3-10-8-9(2)4-7-12(10)13(14(15)16)11-5-6-11/h4,7-8,11,13H,3,5-6H2,1-2H3,(H,15,16). The second-order valence-corrected chi connectivity index (χ2v) is 4.71. The van der Waals surface area contributed by atoms with Crippen LogP contribution in [-0.4, -0.2) is 11.1 Å². The minimum Gasteiger partial charge on any atom is -0.481 e. The molecule has 0 bridgehead atoms. The molecule has 1 fully saturated rings. The molecule has 0 spiro atoms. The van der Waals surface area contributed by atoms with Gasteiger partial charge in [-0.3, -0.25) is 4.79 Å². The van der Waals surface area contributed by atoms with Crippen LogP contribution in [0.2, 0.25) is 0 Å². The van der Waals surface area contributed by atoms with E-state index in [1.54, 1.807) is 0 Å². The summed E-state index contributed by atoms with van der Waals surface area (Å²) >= 11 is 0. The van der Waals surface area contributed by atoms with E-state index in [0.29, 0.717) is 5.92 Å². The van der Waals surface area contributed by atoms with Gasteiger partial charge < -0.3 is 5.11 Å². The minimum atomic E-state index is -0.666. The van der Waals surface area contributed by atoms with Crippen LogP contribution in [0.3, 0.4) is 0 Å². The van der Waals surface area contributed by atoms with E-state index in [0.717, 1.165) is 24.8 Å². The Bertz CT molecular complexity index is 405. The van der Waals surface area contributed by atoms with E-state index in [1.807, 2.05) is 12.1 Å². The van der Waals surface area contributed by atoms with Gasteiger partial charge in [0.15, 0.2) is 0 Å². The zero-order valence-electron chi connectivity index (χ0n) is 9.86. The summed E-state index contributed by atoms with van der Waals surface area (Å²) in [6, 6.07) is 6.14. The van der Waals surface area contributed by atoms with Crippen LogP contribution in [0.25, 0.3) is 0 Å². The molecule has 1 aliphatic carbocycles. The summed E-state index contributed by atoms with van der Waals surface area (Å²) in [5.41, 5.74) is 3.43. The van der Waals surface area contributed by atoms with Gasteiger partial charge in [-0.2, -0.15) is 0 Å². The second kappa shape index (κ2) is 4.28. The first-order valence-corrected chi connectivity index (χ1v) is 5.95. The van der Waals surface area contributed by atoms with Gasteiger partial charge in [-0.05, 0) is 43.2 Å². The van der Waals surface area contributed by atoms with Crippen molar-refractivity contribution in [3.05, 3.63) is 34.9 Å². The number of hydrogen-bond donors (Lipinski definition) is 1. The molecule has 0 aromatic heterocycles. The van der Waals surface area contributed by atoms with Crippen molar-refractivity contribution in [1.29, 1.82) is 0 Å². The van der Waals surface area contributed by atoms with E-state index < -0.39 is 5.97 Å². The highest BCUT2D eigenvalue weighted by Crippen LogP contribution is 2.43. The van der Waals surface area contributed by atoms with Gasteiger partial charge in [0.1, 0.15) is 0 Å². The van der Waals surface area contributed by atoms with Gasteiger partial charge in [-0.25, -0.2) is 0 Å². The van der Waals surface area contributed by atoms with Crippen molar-refractivity contribution in [2.24, 2.45) is 5.92 Å². The second-order valence-electron chi connectivity index (χ2n) is 4.71. The first-order chi connectivity index (χ1) is 7.63. The molecule has 1 aromatic rings. The number of carboxylic acids is 1. The van der Waals surface area contributed by atoms with Crippen molar-refractivity contribution in [1.82, 2.24) is 0 Å². The Balaban J connectivity index is 2.40. The van der Waals surface area contributed by atoms with E-state index >= 15 is 0 Å². The van der Waals surface area contributed by atoms with Crippen LogP contribution < -0.4 is 0 Å². The predicted octanol–water partition coefficient (Wildman–Crippen LogP) is 3.14. The molecule has 2 nitrogen and oxygen atoms in total. The van der Waals surface area contributed by atoms with Gasteiger partial charge in [0.05, 0.1) is 5.92 Å². The van der Waals surface area contributed by atoms with E-state index in [1.165, 1.54) is 11.1 Å². The molecule has 0 radical (unpaired) electrons. The van der Waals surface area contributed by atoms with Crippen LogP contribution in [-0.2, 0) is 11.2 Å². The lowest BCUT2D eigenvalue weighted by atomic mass is 9.88. The number of aryl methyl sites for hydroxylation is 2. The number of rotatable bonds is 4. The minimum absolute atomic E-state index is 0.282. The van der Waals surface area contributed by atoms with Crippen LogP contribution in [0.4, 0.5) is 0 Å². The van der Waals surface area contributed by atoms with E-state index in [2.05, 4.69) is 19.9 Å². The summed E-state index contributed by atoms with van der Waals surface area (Å²) in [6.45, 7) is 4.14. The van der Waals surface area contributed by atoms with Crippen molar-refractivity contribution >= 4 is 5.97 Å². The van der Waals surface area contributed by atoms with Crippen LogP contribution in [0, 0.1) is 12.8 Å². The Labute approximate surface area is 96.3 Å². The van der Waals surface area contributed by atoms with E-state index in [9.17, 15) is 9.90 Å². The Hall–Kier alpha value is -1.31. The highest BCUT2D eigenvalue weighted by molar-refractivity contribution is 5.77. The van der Waals surface area contributed by atoms with Gasteiger partial charge in [0.2, 0.25) is 0 Å². The summed E-state index contributed by atoms with van der Waals surface area (Å²) in [5, 5.41) is 9.33. The van der Waals surface area contributed by atoms with Crippen molar-refractivity contribution in [3.8, 4) is 0 Å². The lowest BCUT2D eigenvalue weighted by molar-refractivity contribution is -0.139. The normalized spacial score (nSPS) is 17.1. The molecule has 1 aromatic carbocycles. The summed E-state index contributed by atoms with van der Waals surface area (Å²) in [4.78, 5) is 11.3. The quantitative estimate of drug-likeness (QED) is 0.843. The summed E-state index contributed by atoms with van der Waals surface area (Å²) in [6.07, 6.45) is 3.04.